The summed E-state index contributed by atoms with van der Waals surface area (Å²) in [6.45, 7) is 3.58. The highest BCUT2D eigenvalue weighted by Gasteiger charge is 2.18. The molecule has 110 valence electrons. The Morgan fingerprint density at radius 3 is 2.71 bits per heavy atom. The molecule has 0 fully saturated rings. The Kier molecular flexibility index (Phi) is 5.04. The van der Waals surface area contributed by atoms with Gasteiger partial charge >= 0.3 is 0 Å². The number of pyridine rings is 1. The van der Waals surface area contributed by atoms with E-state index in [1.165, 1.54) is 6.92 Å². The Hall–Kier alpha value is -2.23. The lowest BCUT2D eigenvalue weighted by atomic mass is 10.0. The smallest absolute Gasteiger partial charge is 0.252 e. The van der Waals surface area contributed by atoms with E-state index in [9.17, 15) is 9.59 Å². The Labute approximate surface area is 124 Å². The number of ketones is 1. The number of rotatable bonds is 6. The van der Waals surface area contributed by atoms with Crippen molar-refractivity contribution in [3.05, 3.63) is 42.1 Å². The molecule has 4 heteroatoms. The predicted molar refractivity (Wildman–Crippen MR) is 83.2 cm³/mol. The first kappa shape index (κ1) is 15.2. The monoisotopic (exact) mass is 284 g/mol. The fourth-order valence-electron chi connectivity index (χ4n) is 2.32. The van der Waals surface area contributed by atoms with Crippen molar-refractivity contribution in [1.82, 2.24) is 10.3 Å². The van der Waals surface area contributed by atoms with Crippen molar-refractivity contribution in [3.63, 3.8) is 0 Å². The number of carbonyl (C=O) groups is 2. The lowest BCUT2D eigenvalue weighted by molar-refractivity contribution is -0.119. The van der Waals surface area contributed by atoms with Crippen LogP contribution in [-0.2, 0) is 4.79 Å². The van der Waals surface area contributed by atoms with Gasteiger partial charge in [-0.15, -0.1) is 0 Å². The second-order valence-corrected chi connectivity index (χ2v) is 5.15. The first-order valence-electron chi connectivity index (χ1n) is 7.28. The number of nitrogens with one attached hydrogen (secondary N) is 1. The van der Waals surface area contributed by atoms with E-state index in [1.54, 1.807) is 12.3 Å². The van der Waals surface area contributed by atoms with Crippen LogP contribution in [0.15, 0.2) is 36.5 Å². The molecule has 0 saturated carbocycles. The zero-order chi connectivity index (χ0) is 15.2. The van der Waals surface area contributed by atoms with Crippen molar-refractivity contribution < 1.29 is 9.59 Å². The molecule has 0 spiro atoms. The van der Waals surface area contributed by atoms with E-state index in [-0.39, 0.29) is 11.7 Å². The number of para-hydroxylation sites is 1. The number of carbonyl (C=O) groups excluding carboxylic acids is 2. The Bertz CT molecular complexity index is 647. The maximum Gasteiger partial charge on any atom is 0.252 e. The first-order valence-corrected chi connectivity index (χ1v) is 7.28. The van der Waals surface area contributed by atoms with Crippen LogP contribution < -0.4 is 5.32 Å². The summed E-state index contributed by atoms with van der Waals surface area (Å²) in [6.07, 6.45) is 4.21. The first-order chi connectivity index (χ1) is 10.1. The van der Waals surface area contributed by atoms with Crippen LogP contribution in [0.4, 0.5) is 0 Å². The van der Waals surface area contributed by atoms with Gasteiger partial charge < -0.3 is 5.32 Å². The number of fused-ring (bicyclic) bond motifs is 1. The summed E-state index contributed by atoms with van der Waals surface area (Å²) in [7, 11) is 0. The summed E-state index contributed by atoms with van der Waals surface area (Å²) < 4.78 is 0. The van der Waals surface area contributed by atoms with E-state index in [2.05, 4.69) is 17.2 Å². The molecular weight excluding hydrogens is 264 g/mol. The molecule has 0 saturated heterocycles. The van der Waals surface area contributed by atoms with Gasteiger partial charge in [0.15, 0.2) is 5.78 Å². The van der Waals surface area contributed by atoms with Gasteiger partial charge in [-0.3, -0.25) is 14.6 Å². The maximum absolute atomic E-state index is 12.4. The van der Waals surface area contributed by atoms with E-state index >= 15 is 0 Å². The maximum atomic E-state index is 12.4. The number of hydrogen-bond donors (Lipinski definition) is 1. The lowest BCUT2D eigenvalue weighted by Crippen LogP contribution is -2.39. The lowest BCUT2D eigenvalue weighted by Gasteiger charge is -2.16. The van der Waals surface area contributed by atoms with E-state index in [4.69, 9.17) is 0 Å². The quantitative estimate of drug-likeness (QED) is 0.886. The van der Waals surface area contributed by atoms with Gasteiger partial charge in [-0.2, -0.15) is 0 Å². The predicted octanol–water partition coefficient (Wildman–Crippen LogP) is 3.11. The fourth-order valence-corrected chi connectivity index (χ4v) is 2.32. The topological polar surface area (TPSA) is 59.1 Å². The number of hydrogen-bond acceptors (Lipinski definition) is 3. The zero-order valence-corrected chi connectivity index (χ0v) is 12.4. The molecule has 4 nitrogen and oxygen atoms in total. The van der Waals surface area contributed by atoms with Crippen molar-refractivity contribution in [2.24, 2.45) is 0 Å². The van der Waals surface area contributed by atoms with Crippen LogP contribution in [0.1, 0.15) is 43.5 Å². The van der Waals surface area contributed by atoms with E-state index < -0.39 is 6.04 Å². The van der Waals surface area contributed by atoms with E-state index in [0.29, 0.717) is 12.0 Å². The molecule has 0 aliphatic rings. The molecule has 0 unspecified atom stereocenters. The Morgan fingerprint density at radius 2 is 2.00 bits per heavy atom. The molecule has 0 aliphatic heterocycles. The van der Waals surface area contributed by atoms with Gasteiger partial charge in [0.05, 0.1) is 17.1 Å². The normalized spacial score (nSPS) is 12.1. The number of Topliss-reactive ketones (excluding diaryl/α,β-unsaturated/α-hetero) is 1. The molecule has 1 N–H and O–H groups in total. The van der Waals surface area contributed by atoms with Gasteiger partial charge in [0.25, 0.3) is 5.91 Å². The summed E-state index contributed by atoms with van der Waals surface area (Å²) in [5, 5.41) is 3.64. The van der Waals surface area contributed by atoms with Crippen LogP contribution in [0.2, 0.25) is 0 Å². The summed E-state index contributed by atoms with van der Waals surface area (Å²) in [5.74, 6) is -0.222. The Balaban J connectivity index is 2.23. The number of aromatic nitrogens is 1. The van der Waals surface area contributed by atoms with Gasteiger partial charge in [-0.25, -0.2) is 0 Å². The van der Waals surface area contributed by atoms with E-state index in [0.717, 1.165) is 23.7 Å². The molecule has 2 rings (SSSR count). The van der Waals surface area contributed by atoms with E-state index in [1.807, 2.05) is 24.3 Å². The third-order valence-corrected chi connectivity index (χ3v) is 3.54. The van der Waals surface area contributed by atoms with Gasteiger partial charge in [0.1, 0.15) is 0 Å². The number of benzene rings is 1. The molecule has 1 aromatic carbocycles. The minimum Gasteiger partial charge on any atom is -0.342 e. The largest absolute Gasteiger partial charge is 0.342 e. The molecule has 1 atom stereocenters. The highest BCUT2D eigenvalue weighted by Crippen LogP contribution is 2.16. The summed E-state index contributed by atoms with van der Waals surface area (Å²) in [4.78, 5) is 28.3. The van der Waals surface area contributed by atoms with Crippen molar-refractivity contribution in [2.45, 2.75) is 39.2 Å². The van der Waals surface area contributed by atoms with Crippen molar-refractivity contribution in [1.29, 1.82) is 0 Å². The second-order valence-electron chi connectivity index (χ2n) is 5.15. The Morgan fingerprint density at radius 1 is 1.24 bits per heavy atom. The number of unbranched alkanes of at least 4 members (excludes halogenated alkanes) is 1. The van der Waals surface area contributed by atoms with Crippen LogP contribution in [0.5, 0.6) is 0 Å². The molecule has 2 aromatic rings. The summed E-state index contributed by atoms with van der Waals surface area (Å²) >= 11 is 0. The third kappa shape index (κ3) is 3.66. The molecule has 21 heavy (non-hydrogen) atoms. The zero-order valence-electron chi connectivity index (χ0n) is 12.4. The molecule has 1 amide bonds. The molecule has 1 aromatic heterocycles. The molecule has 0 radical (unpaired) electrons. The third-order valence-electron chi connectivity index (χ3n) is 3.54. The average Bonchev–Trinajstić information content (AvgIpc) is 2.50. The van der Waals surface area contributed by atoms with Crippen molar-refractivity contribution >= 4 is 22.6 Å². The fraction of sp³-hybridized carbons (Fsp3) is 0.353. The highest BCUT2D eigenvalue weighted by molar-refractivity contribution is 6.07. The standard InChI is InChI=1S/C17H20N2O2/c1-3-4-8-15(12(2)20)19-17(21)14-10-11-18-16-9-6-5-7-13(14)16/h5-7,9-11,15H,3-4,8H2,1-2H3,(H,19,21)/t15-/m1/s1. The van der Waals surface area contributed by atoms with Crippen LogP contribution in [0, 0.1) is 0 Å². The second kappa shape index (κ2) is 6.97. The summed E-state index contributed by atoms with van der Waals surface area (Å²) in [6, 6.07) is 8.77. The molecule has 0 bridgehead atoms. The van der Waals surface area contributed by atoms with Gasteiger partial charge in [-0.1, -0.05) is 38.0 Å². The minimum absolute atomic E-state index is 0.00448. The van der Waals surface area contributed by atoms with Crippen LogP contribution in [-0.4, -0.2) is 22.7 Å². The summed E-state index contributed by atoms with van der Waals surface area (Å²) in [5.41, 5.74) is 1.33. The number of nitrogens with zero attached hydrogens (tertiary/aromatic N) is 1. The molecule has 1 heterocycles. The SMILES string of the molecule is CCCC[C@@H](NC(=O)c1ccnc2ccccc12)C(C)=O. The molecule has 0 aliphatic carbocycles. The van der Waals surface area contributed by atoms with Crippen molar-refractivity contribution in [2.75, 3.05) is 0 Å². The minimum atomic E-state index is -0.413. The van der Waals surface area contributed by atoms with Crippen molar-refractivity contribution in [3.8, 4) is 0 Å². The van der Waals surface area contributed by atoms with Gasteiger partial charge in [0.2, 0.25) is 0 Å². The average molecular weight is 284 g/mol. The van der Waals surface area contributed by atoms with Crippen LogP contribution >= 0.6 is 0 Å². The molecular formula is C17H20N2O2. The van der Waals surface area contributed by atoms with Gasteiger partial charge in [-0.05, 0) is 25.5 Å². The number of amides is 1. The van der Waals surface area contributed by atoms with Crippen LogP contribution in [0.3, 0.4) is 0 Å². The van der Waals surface area contributed by atoms with Gasteiger partial charge in [0, 0.05) is 11.6 Å². The highest BCUT2D eigenvalue weighted by atomic mass is 16.2. The van der Waals surface area contributed by atoms with Crippen LogP contribution in [0.25, 0.3) is 10.9 Å².